The third-order valence-electron chi connectivity index (χ3n) is 3.87. The van der Waals surface area contributed by atoms with Gasteiger partial charge in [0.2, 0.25) is 5.91 Å². The van der Waals surface area contributed by atoms with Crippen molar-refractivity contribution in [3.8, 4) is 11.3 Å². The van der Waals surface area contributed by atoms with E-state index in [9.17, 15) is 14.0 Å². The van der Waals surface area contributed by atoms with Crippen LogP contribution in [0.2, 0.25) is 0 Å². The van der Waals surface area contributed by atoms with Gasteiger partial charge in [-0.2, -0.15) is 4.37 Å². The summed E-state index contributed by atoms with van der Waals surface area (Å²) >= 11 is 1.00. The van der Waals surface area contributed by atoms with E-state index in [0.717, 1.165) is 22.7 Å². The van der Waals surface area contributed by atoms with E-state index in [1.54, 1.807) is 43.6 Å². The number of halogens is 1. The van der Waals surface area contributed by atoms with Crippen LogP contribution in [0.1, 0.15) is 35.1 Å². The van der Waals surface area contributed by atoms with Gasteiger partial charge >= 0.3 is 0 Å². The highest BCUT2D eigenvalue weighted by Gasteiger charge is 2.23. The fourth-order valence-electron chi connectivity index (χ4n) is 2.54. The highest BCUT2D eigenvalue weighted by atomic mass is 32.1. The summed E-state index contributed by atoms with van der Waals surface area (Å²) in [7, 11) is 0. The summed E-state index contributed by atoms with van der Waals surface area (Å²) in [6.45, 7) is 3.17. The zero-order valence-electron chi connectivity index (χ0n) is 14.7. The van der Waals surface area contributed by atoms with Crippen LogP contribution in [0, 0.1) is 5.82 Å². The molecule has 0 spiro atoms. The Morgan fingerprint density at radius 2 is 1.78 bits per heavy atom. The first-order chi connectivity index (χ1) is 13.0. The van der Waals surface area contributed by atoms with Crippen LogP contribution in [0.15, 0.2) is 48.8 Å². The van der Waals surface area contributed by atoms with E-state index in [1.165, 1.54) is 19.1 Å². The Labute approximate surface area is 159 Å². The summed E-state index contributed by atoms with van der Waals surface area (Å²) in [5.41, 5.74) is 2.39. The molecule has 0 saturated heterocycles. The molecule has 0 saturated carbocycles. The van der Waals surface area contributed by atoms with Crippen molar-refractivity contribution >= 4 is 29.0 Å². The lowest BCUT2D eigenvalue weighted by molar-refractivity contribution is -0.114. The zero-order chi connectivity index (χ0) is 19.4. The van der Waals surface area contributed by atoms with Gasteiger partial charge in [-0.25, -0.2) is 4.39 Å². The highest BCUT2D eigenvalue weighted by Crippen LogP contribution is 2.33. The normalized spacial score (nSPS) is 11.7. The van der Waals surface area contributed by atoms with Crippen molar-refractivity contribution in [2.45, 2.75) is 19.9 Å². The minimum atomic E-state index is -0.367. The lowest BCUT2D eigenvalue weighted by Gasteiger charge is -2.14. The van der Waals surface area contributed by atoms with Crippen molar-refractivity contribution in [2.24, 2.45) is 0 Å². The molecule has 0 bridgehead atoms. The summed E-state index contributed by atoms with van der Waals surface area (Å²) < 4.78 is 17.4. The third-order valence-corrected chi connectivity index (χ3v) is 4.72. The zero-order valence-corrected chi connectivity index (χ0v) is 15.5. The highest BCUT2D eigenvalue weighted by molar-refractivity contribution is 7.09. The minimum absolute atomic E-state index is 0.297. The first kappa shape index (κ1) is 18.7. The number of anilines is 1. The number of benzene rings is 1. The molecule has 2 aromatic heterocycles. The summed E-state index contributed by atoms with van der Waals surface area (Å²) in [5, 5.41) is 5.56. The van der Waals surface area contributed by atoms with Gasteiger partial charge in [-0.3, -0.25) is 14.6 Å². The SMILES string of the molecule is CC(=O)Nc1c(-c2ccncc2)nsc1C(=O)NC(C)c1ccc(F)cc1. The van der Waals surface area contributed by atoms with Crippen LogP contribution in [-0.2, 0) is 4.79 Å². The van der Waals surface area contributed by atoms with Crippen molar-refractivity contribution in [1.82, 2.24) is 14.7 Å². The van der Waals surface area contributed by atoms with Gasteiger partial charge in [0.15, 0.2) is 0 Å². The van der Waals surface area contributed by atoms with Crippen molar-refractivity contribution < 1.29 is 14.0 Å². The van der Waals surface area contributed by atoms with Gasteiger partial charge in [0.1, 0.15) is 16.4 Å². The summed E-state index contributed by atoms with van der Waals surface area (Å²) in [4.78, 5) is 28.7. The van der Waals surface area contributed by atoms with E-state index in [-0.39, 0.29) is 23.7 Å². The molecule has 2 N–H and O–H groups in total. The summed E-state index contributed by atoms with van der Waals surface area (Å²) in [5.74, 6) is -1.01. The molecule has 3 aromatic rings. The largest absolute Gasteiger partial charge is 0.345 e. The molecule has 3 rings (SSSR count). The van der Waals surface area contributed by atoms with E-state index < -0.39 is 0 Å². The molecule has 1 atom stereocenters. The molecule has 8 heteroatoms. The number of carbonyl (C=O) groups is 2. The van der Waals surface area contributed by atoms with Crippen LogP contribution in [0.25, 0.3) is 11.3 Å². The number of rotatable bonds is 5. The van der Waals surface area contributed by atoms with Gasteiger partial charge in [0.05, 0.1) is 11.7 Å². The average molecular weight is 384 g/mol. The average Bonchev–Trinajstić information content (AvgIpc) is 3.06. The monoisotopic (exact) mass is 384 g/mol. The number of amides is 2. The fourth-order valence-corrected chi connectivity index (χ4v) is 3.30. The van der Waals surface area contributed by atoms with Crippen LogP contribution in [-0.4, -0.2) is 21.2 Å². The molecule has 0 radical (unpaired) electrons. The van der Waals surface area contributed by atoms with Gasteiger partial charge in [0, 0.05) is 24.9 Å². The number of nitrogens with zero attached hydrogens (tertiary/aromatic N) is 2. The lowest BCUT2D eigenvalue weighted by Crippen LogP contribution is -2.27. The molecule has 0 aliphatic heterocycles. The Morgan fingerprint density at radius 1 is 1.11 bits per heavy atom. The van der Waals surface area contributed by atoms with Crippen molar-refractivity contribution in [2.75, 3.05) is 5.32 Å². The predicted molar refractivity (Wildman–Crippen MR) is 102 cm³/mol. The van der Waals surface area contributed by atoms with Gasteiger partial charge in [-0.1, -0.05) is 12.1 Å². The third kappa shape index (κ3) is 4.35. The van der Waals surface area contributed by atoms with Gasteiger partial charge < -0.3 is 10.6 Å². The number of pyridine rings is 1. The van der Waals surface area contributed by atoms with Crippen molar-refractivity contribution in [1.29, 1.82) is 0 Å². The maximum absolute atomic E-state index is 13.1. The number of nitrogens with one attached hydrogen (secondary N) is 2. The first-order valence-corrected chi connectivity index (χ1v) is 8.97. The lowest BCUT2D eigenvalue weighted by atomic mass is 10.1. The molecule has 27 heavy (non-hydrogen) atoms. The maximum Gasteiger partial charge on any atom is 0.265 e. The molecule has 6 nitrogen and oxygen atoms in total. The van der Waals surface area contributed by atoms with Crippen LogP contribution >= 0.6 is 11.5 Å². The molecule has 0 fully saturated rings. The van der Waals surface area contributed by atoms with Crippen molar-refractivity contribution in [3.05, 3.63) is 65.0 Å². The Hall–Kier alpha value is -3.13. The molecule has 0 aliphatic carbocycles. The molecular formula is C19H17FN4O2S. The maximum atomic E-state index is 13.1. The summed E-state index contributed by atoms with van der Waals surface area (Å²) in [6, 6.07) is 9.08. The second kappa shape index (κ2) is 8.05. The first-order valence-electron chi connectivity index (χ1n) is 8.19. The van der Waals surface area contributed by atoms with E-state index in [0.29, 0.717) is 16.3 Å². The van der Waals surface area contributed by atoms with Crippen LogP contribution in [0.4, 0.5) is 10.1 Å². The second-order valence-electron chi connectivity index (χ2n) is 5.90. The molecule has 2 amide bonds. The number of aromatic nitrogens is 2. The summed E-state index contributed by atoms with van der Waals surface area (Å²) in [6.07, 6.45) is 3.23. The molecule has 1 unspecified atom stereocenters. The molecular weight excluding hydrogens is 367 g/mol. The quantitative estimate of drug-likeness (QED) is 0.701. The van der Waals surface area contributed by atoms with Gasteiger partial charge in [0.25, 0.3) is 5.91 Å². The minimum Gasteiger partial charge on any atom is -0.345 e. The topological polar surface area (TPSA) is 84.0 Å². The number of hydrogen-bond acceptors (Lipinski definition) is 5. The van der Waals surface area contributed by atoms with E-state index in [4.69, 9.17) is 0 Å². The Balaban J connectivity index is 1.88. The van der Waals surface area contributed by atoms with E-state index in [1.807, 2.05) is 0 Å². The fraction of sp³-hybridized carbons (Fsp3) is 0.158. The molecule has 2 heterocycles. The Kier molecular flexibility index (Phi) is 5.56. The predicted octanol–water partition coefficient (Wildman–Crippen LogP) is 3.79. The number of carbonyl (C=O) groups excluding carboxylic acids is 2. The molecule has 0 aliphatic rings. The Morgan fingerprint density at radius 3 is 2.41 bits per heavy atom. The molecule has 1 aromatic carbocycles. The Bertz CT molecular complexity index is 958. The van der Waals surface area contributed by atoms with Crippen LogP contribution in [0.3, 0.4) is 0 Å². The smallest absolute Gasteiger partial charge is 0.265 e. The second-order valence-corrected chi connectivity index (χ2v) is 6.67. The standard InChI is InChI=1S/C19H17FN4O2S/c1-11(13-3-5-15(20)6-4-13)22-19(26)18-17(23-12(2)25)16(24-27-18)14-7-9-21-10-8-14/h3-11H,1-2H3,(H,22,26)(H,23,25). The molecule has 138 valence electrons. The van der Waals surface area contributed by atoms with Gasteiger partial charge in [-0.15, -0.1) is 0 Å². The van der Waals surface area contributed by atoms with Crippen molar-refractivity contribution in [3.63, 3.8) is 0 Å². The number of hydrogen-bond donors (Lipinski definition) is 2. The van der Waals surface area contributed by atoms with E-state index >= 15 is 0 Å². The van der Waals surface area contributed by atoms with Gasteiger partial charge in [-0.05, 0) is 48.3 Å². The van der Waals surface area contributed by atoms with E-state index in [2.05, 4.69) is 20.0 Å². The van der Waals surface area contributed by atoms with Crippen LogP contribution in [0.5, 0.6) is 0 Å². The van der Waals surface area contributed by atoms with Crippen LogP contribution < -0.4 is 10.6 Å².